The lowest BCUT2D eigenvalue weighted by atomic mass is 10.4. The van der Waals surface area contributed by atoms with Crippen LogP contribution in [0.2, 0.25) is 0 Å². The van der Waals surface area contributed by atoms with E-state index in [0.717, 1.165) is 70.4 Å². The standard InChI is InChI=1S/C24H42N3P3/c1-19(2)13-28(14-20(3)4)25-29(15-21(5)6,16-22(7)8)27-30(26-28,17-23(9)10)18-24(11)12/h1,3,5,7,9,11,13-18H2,2,4,6,8,10,12H3. The highest BCUT2D eigenvalue weighted by molar-refractivity contribution is 7.87. The Labute approximate surface area is 186 Å². The molecular weight excluding hydrogens is 423 g/mol. The molecule has 1 aliphatic rings. The van der Waals surface area contributed by atoms with Gasteiger partial charge >= 0.3 is 0 Å². The summed E-state index contributed by atoms with van der Waals surface area (Å²) in [4.78, 5) is 0. The van der Waals surface area contributed by atoms with Crippen LogP contribution in [0.3, 0.4) is 0 Å². The first kappa shape index (κ1) is 27.2. The number of hydrogen-bond acceptors (Lipinski definition) is 3. The zero-order valence-electron chi connectivity index (χ0n) is 20.2. The molecule has 0 radical (unpaired) electrons. The predicted molar refractivity (Wildman–Crippen MR) is 146 cm³/mol. The fourth-order valence-corrected chi connectivity index (χ4v) is 21.5. The number of rotatable bonds is 12. The van der Waals surface area contributed by atoms with Gasteiger partial charge in [0.25, 0.3) is 0 Å². The summed E-state index contributed by atoms with van der Waals surface area (Å²) in [6, 6.07) is 0. The summed E-state index contributed by atoms with van der Waals surface area (Å²) in [6.45, 7) is 38.0. The van der Waals surface area contributed by atoms with Crippen molar-refractivity contribution in [3.63, 3.8) is 0 Å². The zero-order chi connectivity index (χ0) is 23.3. The first-order chi connectivity index (χ1) is 13.6. The van der Waals surface area contributed by atoms with Gasteiger partial charge in [-0.25, -0.2) is 13.5 Å². The molecule has 30 heavy (non-hydrogen) atoms. The second kappa shape index (κ2) is 10.6. The first-order valence-electron chi connectivity index (χ1n) is 10.3. The average Bonchev–Trinajstić information content (AvgIpc) is 2.39. The second-order valence-corrected chi connectivity index (χ2v) is 18.9. The van der Waals surface area contributed by atoms with Crippen molar-refractivity contribution in [2.45, 2.75) is 41.5 Å². The minimum absolute atomic E-state index is 0.831. The summed E-state index contributed by atoms with van der Waals surface area (Å²) in [5.41, 5.74) is 6.79. The van der Waals surface area contributed by atoms with Gasteiger partial charge in [0.15, 0.2) is 0 Å². The topological polar surface area (TPSA) is 37.1 Å². The molecule has 1 heterocycles. The maximum absolute atomic E-state index is 5.63. The Morgan fingerprint density at radius 2 is 0.533 bits per heavy atom. The number of allylic oxidation sites excluding steroid dienone is 6. The van der Waals surface area contributed by atoms with E-state index in [1.165, 1.54) is 0 Å². The van der Waals surface area contributed by atoms with E-state index in [1.54, 1.807) is 0 Å². The summed E-state index contributed by atoms with van der Waals surface area (Å²) < 4.78 is 16.9. The molecule has 0 aromatic rings. The van der Waals surface area contributed by atoms with E-state index in [4.69, 9.17) is 13.5 Å². The Balaban J connectivity index is 4.15. The van der Waals surface area contributed by atoms with Crippen LogP contribution in [-0.2, 0) is 0 Å². The van der Waals surface area contributed by atoms with Crippen LogP contribution >= 0.6 is 21.6 Å². The van der Waals surface area contributed by atoms with E-state index >= 15 is 0 Å². The van der Waals surface area contributed by atoms with Crippen molar-refractivity contribution in [2.24, 2.45) is 13.5 Å². The zero-order valence-corrected chi connectivity index (χ0v) is 22.9. The molecule has 0 aromatic heterocycles. The molecule has 0 aliphatic carbocycles. The van der Waals surface area contributed by atoms with Gasteiger partial charge in [-0.2, -0.15) is 0 Å². The smallest absolute Gasteiger partial charge is 0.0885 e. The molecule has 0 saturated carbocycles. The fourth-order valence-electron chi connectivity index (χ4n) is 4.12. The van der Waals surface area contributed by atoms with Gasteiger partial charge in [0.05, 0.1) is 21.6 Å². The molecule has 0 atom stereocenters. The van der Waals surface area contributed by atoms with Crippen LogP contribution in [0.5, 0.6) is 0 Å². The van der Waals surface area contributed by atoms with Gasteiger partial charge in [-0.3, -0.25) is 0 Å². The van der Waals surface area contributed by atoms with Crippen molar-refractivity contribution in [1.29, 1.82) is 0 Å². The third-order valence-corrected chi connectivity index (χ3v) is 18.4. The maximum Gasteiger partial charge on any atom is 0.0885 e. The summed E-state index contributed by atoms with van der Waals surface area (Å²) in [5, 5.41) is 0. The molecule has 0 fully saturated rings. The Bertz CT molecular complexity index is 760. The van der Waals surface area contributed by atoms with Gasteiger partial charge in [0.1, 0.15) is 0 Å². The highest BCUT2D eigenvalue weighted by Crippen LogP contribution is 2.79. The SMILES string of the molecule is C=C(C)CP1(CC(=C)C)=NP(CC(=C)C)(CC(=C)C)=NP(CC(=C)C)(CC(=C)C)=N1. The summed E-state index contributed by atoms with van der Waals surface area (Å²) in [5.74, 6) is 0. The van der Waals surface area contributed by atoms with Crippen LogP contribution in [0.1, 0.15) is 41.5 Å². The van der Waals surface area contributed by atoms with Crippen LogP contribution in [0.15, 0.2) is 86.5 Å². The lowest BCUT2D eigenvalue weighted by Crippen LogP contribution is -2.07. The molecule has 0 unspecified atom stereocenters. The number of nitrogens with zero attached hydrogens (tertiary/aromatic N) is 3. The van der Waals surface area contributed by atoms with Crippen LogP contribution in [0.25, 0.3) is 0 Å². The summed E-state index contributed by atoms with van der Waals surface area (Å²) in [7, 11) is -6.24. The van der Waals surface area contributed by atoms with Crippen LogP contribution < -0.4 is 0 Å². The normalized spacial score (nSPS) is 18.2. The van der Waals surface area contributed by atoms with Crippen LogP contribution in [-0.4, -0.2) is 37.0 Å². The highest BCUT2D eigenvalue weighted by atomic mass is 31.3. The van der Waals surface area contributed by atoms with Gasteiger partial charge < -0.3 is 0 Å². The molecule has 0 bridgehead atoms. The van der Waals surface area contributed by atoms with Crippen LogP contribution in [0, 0.1) is 0 Å². The Hall–Kier alpha value is -0.870. The third kappa shape index (κ3) is 8.34. The largest absolute Gasteiger partial charge is 0.239 e. The Kier molecular flexibility index (Phi) is 9.63. The minimum atomic E-state index is -2.08. The molecule has 1 rings (SSSR count). The lowest BCUT2D eigenvalue weighted by molar-refractivity contribution is 1.28. The van der Waals surface area contributed by atoms with Crippen LogP contribution in [0.4, 0.5) is 0 Å². The van der Waals surface area contributed by atoms with Crippen molar-refractivity contribution in [3.05, 3.63) is 72.9 Å². The summed E-state index contributed by atoms with van der Waals surface area (Å²) in [6.07, 6.45) is 4.99. The second-order valence-electron chi connectivity index (χ2n) is 9.60. The first-order valence-corrected chi connectivity index (χ1v) is 16.5. The monoisotopic (exact) mass is 465 g/mol. The van der Waals surface area contributed by atoms with Gasteiger partial charge in [0, 0.05) is 37.0 Å². The molecule has 1 aliphatic heterocycles. The maximum atomic E-state index is 5.63. The van der Waals surface area contributed by atoms with E-state index in [1.807, 2.05) is 0 Å². The van der Waals surface area contributed by atoms with E-state index in [-0.39, 0.29) is 0 Å². The highest BCUT2D eigenvalue weighted by Gasteiger charge is 2.36. The van der Waals surface area contributed by atoms with E-state index in [0.29, 0.717) is 0 Å². The predicted octanol–water partition coefficient (Wildman–Crippen LogP) is 9.81. The molecular formula is C24H42N3P3. The average molecular weight is 466 g/mol. The molecule has 0 aromatic carbocycles. The van der Waals surface area contributed by atoms with Gasteiger partial charge in [-0.05, 0) is 41.5 Å². The number of hydrogen-bond donors (Lipinski definition) is 0. The van der Waals surface area contributed by atoms with E-state index in [2.05, 4.69) is 81.0 Å². The molecule has 6 heteroatoms. The lowest BCUT2D eigenvalue weighted by Gasteiger charge is -2.38. The molecule has 168 valence electrons. The quantitative estimate of drug-likeness (QED) is 0.203. The molecule has 0 N–H and O–H groups in total. The van der Waals surface area contributed by atoms with Crippen molar-refractivity contribution in [1.82, 2.24) is 0 Å². The van der Waals surface area contributed by atoms with E-state index < -0.39 is 21.6 Å². The van der Waals surface area contributed by atoms with Crippen molar-refractivity contribution in [3.8, 4) is 0 Å². The van der Waals surface area contributed by atoms with Crippen molar-refractivity contribution < 1.29 is 0 Å². The van der Waals surface area contributed by atoms with Gasteiger partial charge in [-0.1, -0.05) is 72.9 Å². The third-order valence-electron chi connectivity index (χ3n) is 4.14. The van der Waals surface area contributed by atoms with Gasteiger partial charge in [-0.15, -0.1) is 0 Å². The minimum Gasteiger partial charge on any atom is -0.239 e. The van der Waals surface area contributed by atoms with Crippen molar-refractivity contribution in [2.75, 3.05) is 37.0 Å². The fraction of sp³-hybridized carbons (Fsp3) is 0.500. The molecule has 0 spiro atoms. The van der Waals surface area contributed by atoms with E-state index in [9.17, 15) is 0 Å². The Morgan fingerprint density at radius 1 is 0.400 bits per heavy atom. The van der Waals surface area contributed by atoms with Crippen molar-refractivity contribution >= 4 is 21.6 Å². The summed E-state index contributed by atoms with van der Waals surface area (Å²) >= 11 is 0. The van der Waals surface area contributed by atoms with Gasteiger partial charge in [0.2, 0.25) is 0 Å². The molecule has 0 amide bonds. The molecule has 0 saturated heterocycles. The molecule has 3 nitrogen and oxygen atoms in total. The Morgan fingerprint density at radius 3 is 0.633 bits per heavy atom.